The number of carbonyl (C=O) groups is 2. The van der Waals surface area contributed by atoms with Crippen LogP contribution in [-0.2, 0) is 4.74 Å². The molecule has 2 unspecified atom stereocenters. The number of anilines is 2. The van der Waals surface area contributed by atoms with Crippen molar-refractivity contribution in [2.75, 3.05) is 23.3 Å². The van der Waals surface area contributed by atoms with Crippen molar-refractivity contribution < 1.29 is 14.3 Å². The predicted octanol–water partition coefficient (Wildman–Crippen LogP) is 1.75. The number of nitrogens with zero attached hydrogens (tertiary/aromatic N) is 3. The third kappa shape index (κ3) is 4.40. The van der Waals surface area contributed by atoms with Crippen LogP contribution < -0.4 is 16.0 Å². The van der Waals surface area contributed by atoms with Gasteiger partial charge in [-0.2, -0.15) is 0 Å². The Morgan fingerprint density at radius 1 is 1.19 bits per heavy atom. The first-order chi connectivity index (χ1) is 12.8. The highest BCUT2D eigenvalue weighted by Crippen LogP contribution is 2.19. The normalized spacial score (nSPS) is 19.6. The SMILES string of the molecule is Cc1ncc(NC(=O)c2ccc(N3CC(C)OC(C)C3)nc2)cc1C(N)=O. The number of pyridine rings is 2. The molecule has 0 radical (unpaired) electrons. The minimum absolute atomic E-state index is 0.131. The van der Waals surface area contributed by atoms with Crippen molar-refractivity contribution in [2.24, 2.45) is 5.73 Å². The fraction of sp³-hybridized carbons (Fsp3) is 0.368. The fourth-order valence-corrected chi connectivity index (χ4v) is 3.13. The van der Waals surface area contributed by atoms with Gasteiger partial charge in [0.05, 0.1) is 40.9 Å². The van der Waals surface area contributed by atoms with E-state index in [4.69, 9.17) is 10.5 Å². The van der Waals surface area contributed by atoms with Crippen molar-refractivity contribution in [2.45, 2.75) is 33.0 Å². The Balaban J connectivity index is 1.71. The van der Waals surface area contributed by atoms with Gasteiger partial charge in [0.1, 0.15) is 5.82 Å². The van der Waals surface area contributed by atoms with E-state index in [1.165, 1.54) is 18.5 Å². The third-order valence-electron chi connectivity index (χ3n) is 4.36. The monoisotopic (exact) mass is 369 g/mol. The number of carbonyl (C=O) groups excluding carboxylic acids is 2. The van der Waals surface area contributed by atoms with Crippen molar-refractivity contribution in [3.05, 3.63) is 47.4 Å². The number of aromatic nitrogens is 2. The highest BCUT2D eigenvalue weighted by atomic mass is 16.5. The molecule has 0 saturated carbocycles. The van der Waals surface area contributed by atoms with Crippen LogP contribution in [0.15, 0.2) is 30.6 Å². The highest BCUT2D eigenvalue weighted by molar-refractivity contribution is 6.05. The van der Waals surface area contributed by atoms with E-state index in [0.29, 0.717) is 16.9 Å². The van der Waals surface area contributed by atoms with Crippen LogP contribution in [0.4, 0.5) is 11.5 Å². The lowest BCUT2D eigenvalue weighted by Crippen LogP contribution is -2.45. The van der Waals surface area contributed by atoms with E-state index in [0.717, 1.165) is 18.9 Å². The molecule has 2 amide bonds. The summed E-state index contributed by atoms with van der Waals surface area (Å²) in [6.07, 6.45) is 3.28. The second-order valence-corrected chi connectivity index (χ2v) is 6.74. The Morgan fingerprint density at radius 2 is 1.89 bits per heavy atom. The molecule has 3 N–H and O–H groups in total. The van der Waals surface area contributed by atoms with E-state index in [1.807, 2.05) is 19.9 Å². The van der Waals surface area contributed by atoms with Crippen molar-refractivity contribution in [3.8, 4) is 0 Å². The third-order valence-corrected chi connectivity index (χ3v) is 4.36. The van der Waals surface area contributed by atoms with Crippen LogP contribution in [0.25, 0.3) is 0 Å². The maximum atomic E-state index is 12.4. The minimum Gasteiger partial charge on any atom is -0.372 e. The van der Waals surface area contributed by atoms with Gasteiger partial charge in [0.2, 0.25) is 0 Å². The summed E-state index contributed by atoms with van der Waals surface area (Å²) < 4.78 is 5.73. The first-order valence-corrected chi connectivity index (χ1v) is 8.77. The van der Waals surface area contributed by atoms with Crippen LogP contribution in [0.1, 0.15) is 40.3 Å². The molecule has 142 valence electrons. The van der Waals surface area contributed by atoms with Crippen molar-refractivity contribution in [1.29, 1.82) is 0 Å². The molecule has 3 heterocycles. The summed E-state index contributed by atoms with van der Waals surface area (Å²) in [6, 6.07) is 5.06. The average Bonchev–Trinajstić information content (AvgIpc) is 2.62. The van der Waals surface area contributed by atoms with Gasteiger partial charge < -0.3 is 20.7 Å². The van der Waals surface area contributed by atoms with E-state index in [9.17, 15) is 9.59 Å². The molecule has 3 rings (SSSR count). The van der Waals surface area contributed by atoms with E-state index < -0.39 is 5.91 Å². The lowest BCUT2D eigenvalue weighted by Gasteiger charge is -2.36. The number of amides is 2. The van der Waals surface area contributed by atoms with E-state index >= 15 is 0 Å². The summed E-state index contributed by atoms with van der Waals surface area (Å²) in [5, 5.41) is 2.71. The van der Waals surface area contributed by atoms with Gasteiger partial charge in [-0.3, -0.25) is 14.6 Å². The Hall–Kier alpha value is -3.00. The van der Waals surface area contributed by atoms with Gasteiger partial charge >= 0.3 is 0 Å². The Labute approximate surface area is 157 Å². The molecular weight excluding hydrogens is 346 g/mol. The lowest BCUT2D eigenvalue weighted by molar-refractivity contribution is -0.00546. The molecule has 2 aromatic heterocycles. The van der Waals surface area contributed by atoms with Crippen LogP contribution in [-0.4, -0.2) is 47.1 Å². The number of nitrogens with two attached hydrogens (primary N) is 1. The van der Waals surface area contributed by atoms with Crippen LogP contribution >= 0.6 is 0 Å². The number of aryl methyl sites for hydroxylation is 1. The lowest BCUT2D eigenvalue weighted by atomic mass is 10.1. The number of ether oxygens (including phenoxy) is 1. The van der Waals surface area contributed by atoms with Gasteiger partial charge in [-0.05, 0) is 39.0 Å². The molecule has 2 aromatic rings. The fourth-order valence-electron chi connectivity index (χ4n) is 3.13. The van der Waals surface area contributed by atoms with Crippen molar-refractivity contribution >= 4 is 23.3 Å². The quantitative estimate of drug-likeness (QED) is 0.849. The number of nitrogens with one attached hydrogen (secondary N) is 1. The van der Waals surface area contributed by atoms with Crippen LogP contribution in [0.5, 0.6) is 0 Å². The second kappa shape index (κ2) is 7.71. The van der Waals surface area contributed by atoms with Gasteiger partial charge in [-0.25, -0.2) is 4.98 Å². The molecule has 0 aliphatic carbocycles. The Bertz CT molecular complexity index is 843. The van der Waals surface area contributed by atoms with Gasteiger partial charge in [0.25, 0.3) is 11.8 Å². The molecule has 0 spiro atoms. The topological polar surface area (TPSA) is 110 Å². The smallest absolute Gasteiger partial charge is 0.257 e. The van der Waals surface area contributed by atoms with Gasteiger partial charge in [0.15, 0.2) is 0 Å². The summed E-state index contributed by atoms with van der Waals surface area (Å²) in [5.41, 5.74) is 6.92. The van der Waals surface area contributed by atoms with Gasteiger partial charge in [-0.1, -0.05) is 0 Å². The molecule has 0 aromatic carbocycles. The molecule has 8 nitrogen and oxygen atoms in total. The van der Waals surface area contributed by atoms with Gasteiger partial charge in [0, 0.05) is 19.3 Å². The zero-order valence-electron chi connectivity index (χ0n) is 15.6. The number of primary amides is 1. The second-order valence-electron chi connectivity index (χ2n) is 6.74. The minimum atomic E-state index is -0.587. The van der Waals surface area contributed by atoms with Gasteiger partial charge in [-0.15, -0.1) is 0 Å². The number of hydrogen-bond acceptors (Lipinski definition) is 6. The Kier molecular flexibility index (Phi) is 5.36. The first-order valence-electron chi connectivity index (χ1n) is 8.77. The molecule has 27 heavy (non-hydrogen) atoms. The summed E-state index contributed by atoms with van der Waals surface area (Å²) in [5.74, 6) is -0.114. The number of morpholine rings is 1. The average molecular weight is 369 g/mol. The molecule has 1 aliphatic rings. The zero-order valence-corrected chi connectivity index (χ0v) is 15.6. The molecule has 8 heteroatoms. The molecule has 2 atom stereocenters. The van der Waals surface area contributed by atoms with Crippen LogP contribution in [0, 0.1) is 6.92 Å². The predicted molar refractivity (Wildman–Crippen MR) is 102 cm³/mol. The van der Waals surface area contributed by atoms with E-state index in [2.05, 4.69) is 20.2 Å². The maximum absolute atomic E-state index is 12.4. The molecule has 0 bridgehead atoms. The summed E-state index contributed by atoms with van der Waals surface area (Å²) in [7, 11) is 0. The molecule has 1 fully saturated rings. The van der Waals surface area contributed by atoms with Crippen LogP contribution in [0.3, 0.4) is 0 Å². The summed E-state index contributed by atoms with van der Waals surface area (Å²) >= 11 is 0. The maximum Gasteiger partial charge on any atom is 0.257 e. The van der Waals surface area contributed by atoms with Crippen molar-refractivity contribution in [1.82, 2.24) is 9.97 Å². The summed E-state index contributed by atoms with van der Waals surface area (Å²) in [4.78, 5) is 34.5. The van der Waals surface area contributed by atoms with Crippen LogP contribution in [0.2, 0.25) is 0 Å². The van der Waals surface area contributed by atoms with E-state index in [1.54, 1.807) is 13.0 Å². The molecule has 1 aliphatic heterocycles. The van der Waals surface area contributed by atoms with Crippen molar-refractivity contribution in [3.63, 3.8) is 0 Å². The Morgan fingerprint density at radius 3 is 2.48 bits per heavy atom. The number of rotatable bonds is 4. The molecule has 1 saturated heterocycles. The highest BCUT2D eigenvalue weighted by Gasteiger charge is 2.23. The molecular formula is C19H23N5O3. The standard InChI is InChI=1S/C19H23N5O3/c1-11-9-24(10-12(2)27-11)17-5-4-14(7-22-17)19(26)23-15-6-16(18(20)25)13(3)21-8-15/h4-8,11-12H,9-10H2,1-3H3,(H2,20,25)(H,23,26). The summed E-state index contributed by atoms with van der Waals surface area (Å²) in [6.45, 7) is 7.25. The zero-order chi connectivity index (χ0) is 19.6. The van der Waals surface area contributed by atoms with E-state index in [-0.39, 0.29) is 23.7 Å². The first kappa shape index (κ1) is 18.8. The number of hydrogen-bond donors (Lipinski definition) is 2. The largest absolute Gasteiger partial charge is 0.372 e.